The Bertz CT molecular complexity index is 1130. The van der Waals surface area contributed by atoms with E-state index in [2.05, 4.69) is 26.7 Å². The van der Waals surface area contributed by atoms with Gasteiger partial charge >= 0.3 is 5.97 Å². The number of nitrogens with one attached hydrogen (secondary N) is 2. The number of esters is 1. The van der Waals surface area contributed by atoms with E-state index in [1.54, 1.807) is 18.2 Å². The lowest BCUT2D eigenvalue weighted by Crippen LogP contribution is -2.43. The fourth-order valence-corrected chi connectivity index (χ4v) is 3.65. The lowest BCUT2D eigenvalue weighted by atomic mass is 10.1. The number of carbonyl (C=O) groups excluding carboxylic acids is 4. The molecule has 0 radical (unpaired) electrons. The second-order valence-electron chi connectivity index (χ2n) is 6.93. The van der Waals surface area contributed by atoms with Crippen LogP contribution in [0.3, 0.4) is 0 Å². The molecule has 1 heterocycles. The number of hydrazine groups is 1. The van der Waals surface area contributed by atoms with Crippen LogP contribution in [0.25, 0.3) is 0 Å². The van der Waals surface area contributed by atoms with Gasteiger partial charge in [-0.1, -0.05) is 27.5 Å². The molecule has 3 amide bonds. The summed E-state index contributed by atoms with van der Waals surface area (Å²) in [6.07, 6.45) is -0.209. The lowest BCUT2D eigenvalue weighted by molar-refractivity contribution is -0.384. The number of rotatable bonds is 7. The highest BCUT2D eigenvalue weighted by atomic mass is 79.9. The summed E-state index contributed by atoms with van der Waals surface area (Å²) in [7, 11) is 0. The Hall–Kier alpha value is -3.51. The molecular formula is C20H16BrClN4O7. The highest BCUT2D eigenvalue weighted by Crippen LogP contribution is 2.25. The van der Waals surface area contributed by atoms with E-state index in [-0.39, 0.29) is 24.2 Å². The van der Waals surface area contributed by atoms with Gasteiger partial charge in [-0.15, -0.1) is 0 Å². The van der Waals surface area contributed by atoms with Crippen LogP contribution < -0.4 is 10.7 Å². The summed E-state index contributed by atoms with van der Waals surface area (Å²) < 4.78 is 5.72. The molecule has 2 N–H and O–H groups in total. The van der Waals surface area contributed by atoms with Crippen molar-refractivity contribution in [3.8, 4) is 0 Å². The normalized spacial score (nSPS) is 15.2. The maximum absolute atomic E-state index is 12.3. The Kier molecular flexibility index (Phi) is 7.61. The summed E-state index contributed by atoms with van der Waals surface area (Å²) >= 11 is 9.27. The van der Waals surface area contributed by atoms with Crippen LogP contribution in [0.2, 0.25) is 5.02 Å². The average molecular weight is 540 g/mol. The number of benzene rings is 2. The topological polar surface area (TPSA) is 148 Å². The van der Waals surface area contributed by atoms with Crippen molar-refractivity contribution >= 4 is 62.6 Å². The van der Waals surface area contributed by atoms with Crippen molar-refractivity contribution < 1.29 is 28.8 Å². The molecule has 0 unspecified atom stereocenters. The van der Waals surface area contributed by atoms with E-state index >= 15 is 0 Å². The van der Waals surface area contributed by atoms with Crippen molar-refractivity contribution in [3.05, 3.63) is 67.6 Å². The number of amides is 3. The first-order valence-electron chi connectivity index (χ1n) is 9.41. The van der Waals surface area contributed by atoms with Crippen molar-refractivity contribution in [2.75, 3.05) is 18.5 Å². The second-order valence-corrected chi connectivity index (χ2v) is 8.25. The summed E-state index contributed by atoms with van der Waals surface area (Å²) in [5.41, 5.74) is 2.62. The van der Waals surface area contributed by atoms with Crippen molar-refractivity contribution in [2.45, 2.75) is 6.42 Å². The maximum Gasteiger partial charge on any atom is 0.311 e. The molecule has 2 aromatic carbocycles. The molecule has 1 atom stereocenters. The van der Waals surface area contributed by atoms with Crippen LogP contribution in [0.15, 0.2) is 46.9 Å². The number of non-ortho nitro benzene ring substituents is 1. The zero-order chi connectivity index (χ0) is 24.1. The number of nitrogens with zero attached hydrogens (tertiary/aromatic N) is 2. The molecule has 3 rings (SSSR count). The monoisotopic (exact) mass is 538 g/mol. The van der Waals surface area contributed by atoms with Crippen LogP contribution in [-0.4, -0.2) is 46.8 Å². The molecule has 1 aliphatic heterocycles. The van der Waals surface area contributed by atoms with Gasteiger partial charge in [-0.2, -0.15) is 0 Å². The van der Waals surface area contributed by atoms with Gasteiger partial charge in [0.2, 0.25) is 5.91 Å². The van der Waals surface area contributed by atoms with Crippen LogP contribution in [0.1, 0.15) is 16.8 Å². The van der Waals surface area contributed by atoms with Crippen LogP contribution in [0, 0.1) is 16.0 Å². The third kappa shape index (κ3) is 6.26. The fraction of sp³-hybridized carbons (Fsp3) is 0.200. The largest absolute Gasteiger partial charge is 0.455 e. The van der Waals surface area contributed by atoms with E-state index in [4.69, 9.17) is 16.3 Å². The van der Waals surface area contributed by atoms with Gasteiger partial charge in [0.1, 0.15) is 0 Å². The van der Waals surface area contributed by atoms with Crippen LogP contribution >= 0.6 is 27.5 Å². The van der Waals surface area contributed by atoms with Gasteiger partial charge in [-0.05, 0) is 30.3 Å². The molecule has 33 heavy (non-hydrogen) atoms. The molecule has 0 saturated carbocycles. The van der Waals surface area contributed by atoms with Crippen molar-refractivity contribution in [1.82, 2.24) is 10.4 Å². The predicted octanol–water partition coefficient (Wildman–Crippen LogP) is 2.69. The molecule has 0 spiro atoms. The highest BCUT2D eigenvalue weighted by Gasteiger charge is 2.36. The molecule has 1 fully saturated rings. The molecule has 13 heteroatoms. The van der Waals surface area contributed by atoms with Gasteiger partial charge in [-0.3, -0.25) is 39.7 Å². The summed E-state index contributed by atoms with van der Waals surface area (Å²) in [6.45, 7) is -0.721. The molecular weight excluding hydrogens is 524 g/mol. The minimum absolute atomic E-state index is 0.0997. The first kappa shape index (κ1) is 24.1. The second kappa shape index (κ2) is 10.4. The lowest BCUT2D eigenvalue weighted by Gasteiger charge is -2.17. The fourth-order valence-electron chi connectivity index (χ4n) is 2.93. The SMILES string of the molecule is O=C(COC(=O)[C@@H]1CC(=O)N(NC(=O)c2ccc([N+](=O)[O-])cc2)C1)Nc1ccc(Br)cc1Cl. The highest BCUT2D eigenvalue weighted by molar-refractivity contribution is 9.10. The average Bonchev–Trinajstić information content (AvgIpc) is 3.14. The zero-order valence-electron chi connectivity index (χ0n) is 16.7. The Morgan fingerprint density at radius 3 is 2.55 bits per heavy atom. The minimum Gasteiger partial charge on any atom is -0.455 e. The Morgan fingerprint density at radius 1 is 1.21 bits per heavy atom. The van der Waals surface area contributed by atoms with Crippen molar-refractivity contribution in [2.24, 2.45) is 5.92 Å². The van der Waals surface area contributed by atoms with Crippen molar-refractivity contribution in [3.63, 3.8) is 0 Å². The first-order chi connectivity index (χ1) is 15.6. The number of nitro benzene ring substituents is 1. The molecule has 0 bridgehead atoms. The number of ether oxygens (including phenoxy) is 1. The Morgan fingerprint density at radius 2 is 1.91 bits per heavy atom. The summed E-state index contributed by atoms with van der Waals surface area (Å²) in [5, 5.41) is 14.5. The smallest absolute Gasteiger partial charge is 0.311 e. The summed E-state index contributed by atoms with van der Waals surface area (Å²) in [5.74, 6) is -3.44. The molecule has 0 aromatic heterocycles. The summed E-state index contributed by atoms with van der Waals surface area (Å²) in [4.78, 5) is 58.8. The molecule has 11 nitrogen and oxygen atoms in total. The van der Waals surface area contributed by atoms with Gasteiger partial charge in [0, 0.05) is 28.6 Å². The Labute approximate surface area is 200 Å². The van der Waals surface area contributed by atoms with E-state index in [0.29, 0.717) is 10.7 Å². The quantitative estimate of drug-likeness (QED) is 0.312. The number of hydrogen-bond donors (Lipinski definition) is 2. The standard InChI is InChI=1S/C20H16BrClN4O7/c21-13-3-6-16(15(22)8-13)23-17(27)10-33-20(30)12-7-18(28)25(9-12)24-19(29)11-1-4-14(5-2-11)26(31)32/h1-6,8,12H,7,9-10H2,(H,23,27)(H,24,29)/t12-/m1/s1. The first-order valence-corrected chi connectivity index (χ1v) is 10.6. The van der Waals surface area contributed by atoms with Gasteiger partial charge in [-0.25, -0.2) is 0 Å². The number of nitro groups is 1. The van der Waals surface area contributed by atoms with Gasteiger partial charge in [0.15, 0.2) is 6.61 Å². The van der Waals surface area contributed by atoms with Crippen molar-refractivity contribution in [1.29, 1.82) is 0 Å². The zero-order valence-corrected chi connectivity index (χ0v) is 19.1. The third-order valence-electron chi connectivity index (χ3n) is 4.59. The predicted molar refractivity (Wildman–Crippen MR) is 119 cm³/mol. The van der Waals surface area contributed by atoms with Crippen LogP contribution in [0.4, 0.5) is 11.4 Å². The Balaban J connectivity index is 1.49. The minimum atomic E-state index is -0.876. The molecule has 1 saturated heterocycles. The van der Waals surface area contributed by atoms with Gasteiger partial charge < -0.3 is 10.1 Å². The number of anilines is 1. The number of hydrogen-bond acceptors (Lipinski definition) is 7. The maximum atomic E-state index is 12.3. The molecule has 2 aromatic rings. The van der Waals surface area contributed by atoms with Gasteiger partial charge in [0.05, 0.1) is 28.1 Å². The molecule has 0 aliphatic carbocycles. The van der Waals surface area contributed by atoms with E-state index in [0.717, 1.165) is 21.6 Å². The molecule has 1 aliphatic rings. The number of halogens is 2. The number of carbonyl (C=O) groups is 4. The van der Waals surface area contributed by atoms with Crippen LogP contribution in [0.5, 0.6) is 0 Å². The summed E-state index contributed by atoms with van der Waals surface area (Å²) in [6, 6.07) is 9.66. The van der Waals surface area contributed by atoms with E-state index in [1.807, 2.05) is 0 Å². The van der Waals surface area contributed by atoms with E-state index < -0.39 is 41.1 Å². The third-order valence-corrected chi connectivity index (χ3v) is 5.39. The van der Waals surface area contributed by atoms with Crippen LogP contribution in [-0.2, 0) is 19.1 Å². The molecule has 172 valence electrons. The van der Waals surface area contributed by atoms with Gasteiger partial charge in [0.25, 0.3) is 17.5 Å². The van der Waals surface area contributed by atoms with E-state index in [9.17, 15) is 29.3 Å². The van der Waals surface area contributed by atoms with E-state index in [1.165, 1.54) is 12.1 Å².